The van der Waals surface area contributed by atoms with E-state index in [1.165, 1.54) is 0 Å². The minimum absolute atomic E-state index is 0.229. The zero-order chi connectivity index (χ0) is 16.8. The molecule has 6 heteroatoms. The van der Waals surface area contributed by atoms with Gasteiger partial charge in [-0.15, -0.1) is 11.3 Å². The van der Waals surface area contributed by atoms with E-state index in [0.29, 0.717) is 26.2 Å². The van der Waals surface area contributed by atoms with Crippen molar-refractivity contribution >= 4 is 17.4 Å². The van der Waals surface area contributed by atoms with Crippen molar-refractivity contribution < 1.29 is 9.53 Å². The van der Waals surface area contributed by atoms with Gasteiger partial charge in [0.1, 0.15) is 12.6 Å². The lowest BCUT2D eigenvalue weighted by Crippen LogP contribution is -2.49. The number of carbonyl (C=O) groups excluding carboxylic acids is 1. The highest BCUT2D eigenvalue weighted by atomic mass is 32.1. The molecule has 1 fully saturated rings. The largest absolute Gasteiger partial charge is 0.445 e. The molecule has 0 saturated carbocycles. The van der Waals surface area contributed by atoms with Crippen molar-refractivity contribution in [3.8, 4) is 6.07 Å². The molecule has 1 aliphatic heterocycles. The van der Waals surface area contributed by atoms with Gasteiger partial charge in [0.2, 0.25) is 0 Å². The summed E-state index contributed by atoms with van der Waals surface area (Å²) in [5, 5.41) is 11.4. The van der Waals surface area contributed by atoms with E-state index in [-0.39, 0.29) is 18.7 Å². The molecule has 3 rings (SSSR count). The number of amides is 1. The van der Waals surface area contributed by atoms with Gasteiger partial charge in [-0.25, -0.2) is 4.79 Å². The molecule has 2 aromatic rings. The molecule has 0 bridgehead atoms. The molecule has 0 aliphatic carbocycles. The van der Waals surface area contributed by atoms with E-state index in [1.807, 2.05) is 47.8 Å². The maximum absolute atomic E-state index is 12.2. The van der Waals surface area contributed by atoms with E-state index in [0.717, 1.165) is 10.4 Å². The van der Waals surface area contributed by atoms with Crippen molar-refractivity contribution in [1.82, 2.24) is 9.80 Å². The van der Waals surface area contributed by atoms with Crippen molar-refractivity contribution in [2.75, 3.05) is 26.2 Å². The number of hydrogen-bond acceptors (Lipinski definition) is 5. The van der Waals surface area contributed by atoms with Crippen LogP contribution in [0.2, 0.25) is 0 Å². The molecule has 2 heterocycles. The second kappa shape index (κ2) is 7.95. The van der Waals surface area contributed by atoms with Crippen molar-refractivity contribution in [1.29, 1.82) is 5.26 Å². The van der Waals surface area contributed by atoms with Gasteiger partial charge in [0.25, 0.3) is 0 Å². The fourth-order valence-corrected chi connectivity index (χ4v) is 3.55. The van der Waals surface area contributed by atoms with Crippen LogP contribution < -0.4 is 0 Å². The lowest BCUT2D eigenvalue weighted by Gasteiger charge is -2.36. The summed E-state index contributed by atoms with van der Waals surface area (Å²) in [5.41, 5.74) is 0.978. The van der Waals surface area contributed by atoms with Gasteiger partial charge >= 0.3 is 6.09 Å². The maximum Gasteiger partial charge on any atom is 0.410 e. The molecule has 0 spiro atoms. The van der Waals surface area contributed by atoms with E-state index in [2.05, 4.69) is 11.0 Å². The minimum atomic E-state index is -0.289. The molecule has 0 radical (unpaired) electrons. The second-order valence-electron chi connectivity index (χ2n) is 5.61. The Labute approximate surface area is 145 Å². The summed E-state index contributed by atoms with van der Waals surface area (Å²) in [6, 6.07) is 15.7. The topological polar surface area (TPSA) is 56.6 Å². The lowest BCUT2D eigenvalue weighted by atomic mass is 10.2. The molecule has 1 aromatic heterocycles. The van der Waals surface area contributed by atoms with Gasteiger partial charge < -0.3 is 9.64 Å². The SMILES string of the molecule is N#CC(c1cccs1)N1CCN(C(=O)OCc2ccccc2)CC1. The average molecular weight is 341 g/mol. The summed E-state index contributed by atoms with van der Waals surface area (Å²) in [4.78, 5) is 17.1. The molecule has 1 atom stereocenters. The van der Waals surface area contributed by atoms with Crippen LogP contribution in [0.15, 0.2) is 47.8 Å². The number of nitrogens with zero attached hydrogens (tertiary/aromatic N) is 3. The molecule has 1 aliphatic rings. The number of thiophene rings is 1. The Morgan fingerprint density at radius 2 is 1.92 bits per heavy atom. The minimum Gasteiger partial charge on any atom is -0.445 e. The van der Waals surface area contributed by atoms with Gasteiger partial charge in [-0.1, -0.05) is 36.4 Å². The predicted molar refractivity (Wildman–Crippen MR) is 92.4 cm³/mol. The first-order valence-corrected chi connectivity index (χ1v) is 8.78. The molecule has 1 saturated heterocycles. The summed E-state index contributed by atoms with van der Waals surface area (Å²) < 4.78 is 5.37. The van der Waals surface area contributed by atoms with Gasteiger partial charge in [-0.3, -0.25) is 4.90 Å². The number of ether oxygens (including phenoxy) is 1. The number of carbonyl (C=O) groups is 1. The molecule has 124 valence electrons. The predicted octanol–water partition coefficient (Wildman–Crippen LogP) is 3.27. The second-order valence-corrected chi connectivity index (χ2v) is 6.59. The third-order valence-electron chi connectivity index (χ3n) is 4.08. The van der Waals surface area contributed by atoms with Crippen LogP contribution in [-0.4, -0.2) is 42.1 Å². The van der Waals surface area contributed by atoms with Gasteiger partial charge in [0, 0.05) is 31.1 Å². The van der Waals surface area contributed by atoms with E-state index in [4.69, 9.17) is 4.74 Å². The van der Waals surface area contributed by atoms with Crippen LogP contribution in [0.1, 0.15) is 16.5 Å². The highest BCUT2D eigenvalue weighted by molar-refractivity contribution is 7.10. The highest BCUT2D eigenvalue weighted by Crippen LogP contribution is 2.25. The third kappa shape index (κ3) is 3.94. The lowest BCUT2D eigenvalue weighted by molar-refractivity contribution is 0.0664. The zero-order valence-corrected chi connectivity index (χ0v) is 14.1. The molecule has 1 unspecified atom stereocenters. The first-order chi connectivity index (χ1) is 11.8. The van der Waals surface area contributed by atoms with Gasteiger partial charge in [0.15, 0.2) is 0 Å². The van der Waals surface area contributed by atoms with Crippen LogP contribution in [0.3, 0.4) is 0 Å². The van der Waals surface area contributed by atoms with Crippen molar-refractivity contribution in [3.05, 3.63) is 58.3 Å². The van der Waals surface area contributed by atoms with E-state index in [1.54, 1.807) is 16.2 Å². The van der Waals surface area contributed by atoms with Crippen LogP contribution in [0.25, 0.3) is 0 Å². The van der Waals surface area contributed by atoms with Crippen molar-refractivity contribution in [2.24, 2.45) is 0 Å². The van der Waals surface area contributed by atoms with E-state index < -0.39 is 0 Å². The van der Waals surface area contributed by atoms with Crippen LogP contribution >= 0.6 is 11.3 Å². The van der Waals surface area contributed by atoms with E-state index in [9.17, 15) is 10.1 Å². The molecule has 24 heavy (non-hydrogen) atoms. The Morgan fingerprint density at radius 3 is 2.54 bits per heavy atom. The number of hydrogen-bond donors (Lipinski definition) is 0. The zero-order valence-electron chi connectivity index (χ0n) is 13.3. The van der Waals surface area contributed by atoms with Crippen molar-refractivity contribution in [2.45, 2.75) is 12.6 Å². The smallest absolute Gasteiger partial charge is 0.410 e. The fourth-order valence-electron chi connectivity index (χ4n) is 2.75. The fraction of sp³-hybridized carbons (Fsp3) is 0.333. The van der Waals surface area contributed by atoms with Gasteiger partial charge in [-0.2, -0.15) is 5.26 Å². The number of piperazine rings is 1. The summed E-state index contributed by atoms with van der Waals surface area (Å²) in [7, 11) is 0. The van der Waals surface area contributed by atoms with Crippen LogP contribution in [0.5, 0.6) is 0 Å². The Kier molecular flexibility index (Phi) is 5.47. The number of benzene rings is 1. The maximum atomic E-state index is 12.2. The summed E-state index contributed by atoms with van der Waals surface area (Å²) >= 11 is 1.59. The third-order valence-corrected chi connectivity index (χ3v) is 5.00. The van der Waals surface area contributed by atoms with Gasteiger partial charge in [0.05, 0.1) is 6.07 Å². The first kappa shape index (κ1) is 16.5. The molecular weight excluding hydrogens is 322 g/mol. The quantitative estimate of drug-likeness (QED) is 0.856. The molecule has 5 nitrogen and oxygen atoms in total. The Balaban J connectivity index is 1.49. The highest BCUT2D eigenvalue weighted by Gasteiger charge is 2.28. The normalized spacial score (nSPS) is 16.4. The van der Waals surface area contributed by atoms with Gasteiger partial charge in [-0.05, 0) is 17.0 Å². The van der Waals surface area contributed by atoms with Crippen LogP contribution in [0.4, 0.5) is 4.79 Å². The number of nitriles is 1. The van der Waals surface area contributed by atoms with E-state index >= 15 is 0 Å². The van der Waals surface area contributed by atoms with Crippen LogP contribution in [0, 0.1) is 11.3 Å². The monoisotopic (exact) mass is 341 g/mol. The molecule has 1 amide bonds. The molecule has 1 aromatic carbocycles. The Bertz CT molecular complexity index is 689. The Morgan fingerprint density at radius 1 is 1.17 bits per heavy atom. The summed E-state index contributed by atoms with van der Waals surface area (Å²) in [6.45, 7) is 2.80. The summed E-state index contributed by atoms with van der Waals surface area (Å²) in [5.74, 6) is 0. The Hall–Kier alpha value is -2.36. The molecular formula is C18H19N3O2S. The standard InChI is InChI=1S/C18H19N3O2S/c19-13-16(17-7-4-12-24-17)20-8-10-21(11-9-20)18(22)23-14-15-5-2-1-3-6-15/h1-7,12,16H,8-11,14H2. The average Bonchev–Trinajstić information content (AvgIpc) is 3.16. The first-order valence-electron chi connectivity index (χ1n) is 7.90. The summed E-state index contributed by atoms with van der Waals surface area (Å²) in [6.07, 6.45) is -0.289. The van der Waals surface area contributed by atoms with Crippen molar-refractivity contribution in [3.63, 3.8) is 0 Å². The van der Waals surface area contributed by atoms with Crippen LogP contribution in [-0.2, 0) is 11.3 Å². The number of rotatable bonds is 4. The molecule has 0 N–H and O–H groups in total.